The Balaban J connectivity index is 1.66. The van der Waals surface area contributed by atoms with Crippen LogP contribution in [0.15, 0.2) is 77.4 Å². The summed E-state index contributed by atoms with van der Waals surface area (Å²) in [6.45, 7) is 5.58. The van der Waals surface area contributed by atoms with Crippen LogP contribution in [-0.2, 0) is 9.59 Å². The standard InChI is InChI=1S/C28H25FN2O4/c1-4-34-26-15-27-24(25(16-35-27)19-8-10-20(29)11-9-19)14-23(26)17(2)12-28(33)31-22-7-5-6-21(13-22)30-18(3)32/h5-16H,4H2,1-3H3,(H,30,32)(H,31,33)/b17-12+. The van der Waals surface area contributed by atoms with Crippen molar-refractivity contribution in [2.45, 2.75) is 20.8 Å². The van der Waals surface area contributed by atoms with E-state index in [-0.39, 0.29) is 17.6 Å². The molecule has 0 aliphatic rings. The van der Waals surface area contributed by atoms with Crippen molar-refractivity contribution in [2.75, 3.05) is 17.2 Å². The molecule has 4 rings (SSSR count). The van der Waals surface area contributed by atoms with E-state index >= 15 is 0 Å². The number of hydrogen-bond acceptors (Lipinski definition) is 4. The molecular weight excluding hydrogens is 447 g/mol. The number of halogens is 1. The number of anilines is 2. The predicted octanol–water partition coefficient (Wildman–Crippen LogP) is 6.64. The van der Waals surface area contributed by atoms with Crippen molar-refractivity contribution < 1.29 is 23.1 Å². The number of amides is 2. The number of rotatable bonds is 7. The normalized spacial score (nSPS) is 11.4. The number of fused-ring (bicyclic) bond motifs is 1. The lowest BCUT2D eigenvalue weighted by molar-refractivity contribution is -0.114. The van der Waals surface area contributed by atoms with Gasteiger partial charge in [-0.25, -0.2) is 4.39 Å². The highest BCUT2D eigenvalue weighted by atomic mass is 19.1. The first-order valence-electron chi connectivity index (χ1n) is 11.2. The molecule has 0 saturated heterocycles. The maximum Gasteiger partial charge on any atom is 0.248 e. The summed E-state index contributed by atoms with van der Waals surface area (Å²) in [5.74, 6) is -0.235. The van der Waals surface area contributed by atoms with Crippen LogP contribution in [-0.4, -0.2) is 18.4 Å². The van der Waals surface area contributed by atoms with Crippen molar-refractivity contribution in [1.29, 1.82) is 0 Å². The van der Waals surface area contributed by atoms with Gasteiger partial charge in [0.1, 0.15) is 17.1 Å². The number of benzene rings is 3. The van der Waals surface area contributed by atoms with Crippen molar-refractivity contribution in [3.8, 4) is 16.9 Å². The highest BCUT2D eigenvalue weighted by molar-refractivity contribution is 6.05. The molecule has 2 N–H and O–H groups in total. The quantitative estimate of drug-likeness (QED) is 0.296. The van der Waals surface area contributed by atoms with Crippen molar-refractivity contribution in [3.05, 3.63) is 84.4 Å². The van der Waals surface area contributed by atoms with E-state index in [4.69, 9.17) is 9.15 Å². The third-order valence-electron chi connectivity index (χ3n) is 5.35. The average Bonchev–Trinajstić information content (AvgIpc) is 3.22. The third kappa shape index (κ3) is 5.58. The van der Waals surface area contributed by atoms with Crippen LogP contribution in [0.5, 0.6) is 5.75 Å². The Kier molecular flexibility index (Phi) is 6.96. The molecule has 0 radical (unpaired) electrons. The number of ether oxygens (including phenoxy) is 1. The molecule has 0 spiro atoms. The van der Waals surface area contributed by atoms with E-state index in [1.54, 1.807) is 48.7 Å². The molecule has 3 aromatic carbocycles. The number of allylic oxidation sites excluding steroid dienone is 1. The Bertz CT molecular complexity index is 1420. The Morgan fingerprint density at radius 2 is 1.71 bits per heavy atom. The van der Waals surface area contributed by atoms with Crippen LogP contribution in [0.1, 0.15) is 26.3 Å². The fraction of sp³-hybridized carbons (Fsp3) is 0.143. The summed E-state index contributed by atoms with van der Waals surface area (Å²) < 4.78 is 25.0. The number of furan rings is 1. The summed E-state index contributed by atoms with van der Waals surface area (Å²) in [6, 6.07) is 16.8. The van der Waals surface area contributed by atoms with E-state index < -0.39 is 0 Å². The fourth-order valence-electron chi connectivity index (χ4n) is 3.82. The van der Waals surface area contributed by atoms with Gasteiger partial charge in [0.2, 0.25) is 11.8 Å². The first-order valence-corrected chi connectivity index (χ1v) is 11.2. The summed E-state index contributed by atoms with van der Waals surface area (Å²) in [5.41, 5.74) is 4.84. The highest BCUT2D eigenvalue weighted by Crippen LogP contribution is 2.37. The lowest BCUT2D eigenvalue weighted by Crippen LogP contribution is -2.10. The SMILES string of the molecule is CCOc1cc2occ(-c3ccc(F)cc3)c2cc1/C(C)=C/C(=O)Nc1cccc(NC(C)=O)c1. The summed E-state index contributed by atoms with van der Waals surface area (Å²) in [7, 11) is 0. The summed E-state index contributed by atoms with van der Waals surface area (Å²) in [4.78, 5) is 24.1. The first kappa shape index (κ1) is 23.8. The Morgan fingerprint density at radius 1 is 1.00 bits per heavy atom. The number of nitrogens with one attached hydrogen (secondary N) is 2. The van der Waals surface area contributed by atoms with Crippen LogP contribution in [0.25, 0.3) is 27.7 Å². The van der Waals surface area contributed by atoms with Gasteiger partial charge in [-0.3, -0.25) is 9.59 Å². The van der Waals surface area contributed by atoms with Gasteiger partial charge in [0, 0.05) is 47.0 Å². The van der Waals surface area contributed by atoms with Gasteiger partial charge < -0.3 is 19.8 Å². The zero-order valence-electron chi connectivity index (χ0n) is 19.6. The summed E-state index contributed by atoms with van der Waals surface area (Å²) in [5, 5.41) is 6.34. The molecule has 0 unspecified atom stereocenters. The van der Waals surface area contributed by atoms with Crippen LogP contribution in [0.3, 0.4) is 0 Å². The van der Waals surface area contributed by atoms with Gasteiger partial charge in [-0.05, 0) is 61.4 Å². The van der Waals surface area contributed by atoms with Gasteiger partial charge in [0.05, 0.1) is 12.9 Å². The summed E-state index contributed by atoms with van der Waals surface area (Å²) in [6.07, 6.45) is 3.12. The molecule has 0 aliphatic carbocycles. The molecule has 1 aromatic heterocycles. The summed E-state index contributed by atoms with van der Waals surface area (Å²) >= 11 is 0. The molecule has 0 bridgehead atoms. The van der Waals surface area contributed by atoms with Crippen LogP contribution >= 0.6 is 0 Å². The smallest absolute Gasteiger partial charge is 0.248 e. The van der Waals surface area contributed by atoms with Gasteiger partial charge in [-0.2, -0.15) is 0 Å². The first-order chi connectivity index (χ1) is 16.8. The maximum atomic E-state index is 13.4. The van der Waals surface area contributed by atoms with Crippen molar-refractivity contribution in [3.63, 3.8) is 0 Å². The van der Waals surface area contributed by atoms with E-state index in [2.05, 4.69) is 10.6 Å². The monoisotopic (exact) mass is 472 g/mol. The van der Waals surface area contributed by atoms with E-state index in [1.165, 1.54) is 25.1 Å². The third-order valence-corrected chi connectivity index (χ3v) is 5.35. The van der Waals surface area contributed by atoms with Gasteiger partial charge >= 0.3 is 0 Å². The van der Waals surface area contributed by atoms with Gasteiger partial charge in [-0.1, -0.05) is 18.2 Å². The van der Waals surface area contributed by atoms with Crippen molar-refractivity contribution in [1.82, 2.24) is 0 Å². The number of carbonyl (C=O) groups excluding carboxylic acids is 2. The minimum absolute atomic E-state index is 0.192. The lowest BCUT2D eigenvalue weighted by Gasteiger charge is -2.12. The maximum absolute atomic E-state index is 13.4. The van der Waals surface area contributed by atoms with E-state index in [0.717, 1.165) is 22.1 Å². The molecule has 0 fully saturated rings. The second-order valence-corrected chi connectivity index (χ2v) is 8.01. The van der Waals surface area contributed by atoms with Crippen LogP contribution in [0.2, 0.25) is 0 Å². The fourth-order valence-corrected chi connectivity index (χ4v) is 3.82. The molecule has 35 heavy (non-hydrogen) atoms. The topological polar surface area (TPSA) is 80.6 Å². The molecule has 2 amide bonds. The van der Waals surface area contributed by atoms with Crippen molar-refractivity contribution >= 4 is 39.7 Å². The average molecular weight is 473 g/mol. The molecule has 178 valence electrons. The highest BCUT2D eigenvalue weighted by Gasteiger charge is 2.15. The van der Waals surface area contributed by atoms with Crippen LogP contribution in [0, 0.1) is 5.82 Å². The van der Waals surface area contributed by atoms with E-state index in [9.17, 15) is 14.0 Å². The lowest BCUT2D eigenvalue weighted by atomic mass is 9.99. The second-order valence-electron chi connectivity index (χ2n) is 8.01. The zero-order chi connectivity index (χ0) is 24.9. The molecule has 0 atom stereocenters. The number of hydrogen-bond donors (Lipinski definition) is 2. The van der Waals surface area contributed by atoms with E-state index in [0.29, 0.717) is 34.9 Å². The molecule has 6 nitrogen and oxygen atoms in total. The number of carbonyl (C=O) groups is 2. The van der Waals surface area contributed by atoms with Gasteiger partial charge in [0.25, 0.3) is 0 Å². The predicted molar refractivity (Wildman–Crippen MR) is 136 cm³/mol. The van der Waals surface area contributed by atoms with Gasteiger partial charge in [0.15, 0.2) is 0 Å². The molecule has 0 saturated carbocycles. The molecule has 7 heteroatoms. The molecule has 0 aliphatic heterocycles. The molecular formula is C28H25FN2O4. The molecule has 4 aromatic rings. The largest absolute Gasteiger partial charge is 0.493 e. The zero-order valence-corrected chi connectivity index (χ0v) is 19.6. The second kappa shape index (κ2) is 10.3. The van der Waals surface area contributed by atoms with Gasteiger partial charge in [-0.15, -0.1) is 0 Å². The minimum Gasteiger partial charge on any atom is -0.493 e. The Hall–Kier alpha value is -4.39. The molecule has 1 heterocycles. The Morgan fingerprint density at radius 3 is 2.40 bits per heavy atom. The van der Waals surface area contributed by atoms with Crippen LogP contribution in [0.4, 0.5) is 15.8 Å². The van der Waals surface area contributed by atoms with Crippen LogP contribution < -0.4 is 15.4 Å². The Labute approximate surface area is 202 Å². The van der Waals surface area contributed by atoms with E-state index in [1.807, 2.05) is 19.9 Å². The minimum atomic E-state index is -0.323. The van der Waals surface area contributed by atoms with Crippen molar-refractivity contribution in [2.24, 2.45) is 0 Å².